The molecule has 0 aliphatic carbocycles. The van der Waals surface area contributed by atoms with E-state index in [0.29, 0.717) is 13.0 Å². The van der Waals surface area contributed by atoms with Gasteiger partial charge in [-0.3, -0.25) is 9.69 Å². The minimum atomic E-state index is 0.175. The summed E-state index contributed by atoms with van der Waals surface area (Å²) in [5.74, 6) is 1.12. The summed E-state index contributed by atoms with van der Waals surface area (Å²) >= 11 is 3.45. The molecule has 0 N–H and O–H groups in total. The van der Waals surface area contributed by atoms with Gasteiger partial charge >= 0.3 is 0 Å². The van der Waals surface area contributed by atoms with Crippen LogP contribution in [0.2, 0.25) is 0 Å². The zero-order chi connectivity index (χ0) is 22.2. The molecule has 1 aromatic heterocycles. The second-order valence-corrected chi connectivity index (χ2v) is 9.91. The van der Waals surface area contributed by atoms with Crippen molar-refractivity contribution in [1.82, 2.24) is 9.88 Å². The molecule has 0 saturated heterocycles. The number of hydrogen-bond donors (Lipinski definition) is 0. The van der Waals surface area contributed by atoms with Crippen molar-refractivity contribution < 1.29 is 4.79 Å². The molecule has 3 rings (SSSR count). The highest BCUT2D eigenvalue weighted by Gasteiger charge is 2.20. The number of thioether (sulfide) groups is 1. The molecule has 0 aliphatic rings. The van der Waals surface area contributed by atoms with Crippen molar-refractivity contribution in [2.45, 2.75) is 45.4 Å². The maximum Gasteiger partial charge on any atom is 0.228 e. The minimum absolute atomic E-state index is 0.175. The average Bonchev–Trinajstić information content (AvgIpc) is 3.19. The van der Waals surface area contributed by atoms with E-state index >= 15 is 0 Å². The van der Waals surface area contributed by atoms with Crippen molar-refractivity contribution in [2.24, 2.45) is 0 Å². The fourth-order valence-corrected chi connectivity index (χ4v) is 5.59. The Bertz CT molecular complexity index is 983. The van der Waals surface area contributed by atoms with Crippen LogP contribution in [0.15, 0.2) is 47.4 Å². The standard InChI is InChI=1S/C25H33N3OS2/c1-5-27(6-2)14-15-28(23(29)13-10-16-30-21-11-8-7-9-12-21)25-26-22-18-19(3)17-20(4)24(22)31-25/h7-9,11-12,17-18H,5-6,10,13-16H2,1-4H3. The topological polar surface area (TPSA) is 36.4 Å². The van der Waals surface area contributed by atoms with Gasteiger partial charge in [0, 0.05) is 24.4 Å². The van der Waals surface area contributed by atoms with Crippen LogP contribution in [0.5, 0.6) is 0 Å². The first-order valence-corrected chi connectivity index (χ1v) is 12.9. The number of benzene rings is 2. The van der Waals surface area contributed by atoms with Crippen LogP contribution < -0.4 is 4.90 Å². The Morgan fingerprint density at radius 2 is 1.81 bits per heavy atom. The summed E-state index contributed by atoms with van der Waals surface area (Å²) in [6.45, 7) is 12.1. The number of likely N-dealkylation sites (N-methyl/N-ethyl adjacent to an activating group) is 1. The third kappa shape index (κ3) is 6.55. The largest absolute Gasteiger partial charge is 0.302 e. The van der Waals surface area contributed by atoms with E-state index in [1.54, 1.807) is 11.3 Å². The fourth-order valence-electron chi connectivity index (χ4n) is 3.65. The van der Waals surface area contributed by atoms with Gasteiger partial charge in [-0.05, 0) is 68.4 Å². The third-order valence-corrected chi connectivity index (χ3v) is 7.75. The van der Waals surface area contributed by atoms with E-state index in [0.717, 1.165) is 42.5 Å². The molecule has 1 amide bonds. The van der Waals surface area contributed by atoms with Crippen LogP contribution in [0.4, 0.5) is 5.13 Å². The van der Waals surface area contributed by atoms with Crippen LogP contribution in [0.25, 0.3) is 10.2 Å². The lowest BCUT2D eigenvalue weighted by atomic mass is 10.1. The van der Waals surface area contributed by atoms with E-state index < -0.39 is 0 Å². The number of carbonyl (C=O) groups is 1. The summed E-state index contributed by atoms with van der Waals surface area (Å²) in [6.07, 6.45) is 1.41. The number of aromatic nitrogens is 1. The zero-order valence-electron chi connectivity index (χ0n) is 19.1. The van der Waals surface area contributed by atoms with E-state index in [1.807, 2.05) is 22.7 Å². The van der Waals surface area contributed by atoms with Gasteiger partial charge in [0.2, 0.25) is 5.91 Å². The maximum absolute atomic E-state index is 13.2. The second kappa shape index (κ2) is 11.7. The first-order valence-electron chi connectivity index (χ1n) is 11.1. The smallest absolute Gasteiger partial charge is 0.228 e. The molecule has 0 fully saturated rings. The SMILES string of the molecule is CCN(CC)CCN(C(=O)CCCSc1ccccc1)c1nc2cc(C)cc(C)c2s1. The maximum atomic E-state index is 13.2. The van der Waals surface area contributed by atoms with Crippen molar-refractivity contribution in [3.05, 3.63) is 53.6 Å². The Morgan fingerprint density at radius 1 is 1.06 bits per heavy atom. The molecule has 0 bridgehead atoms. The first kappa shape index (κ1) is 23.8. The molecule has 31 heavy (non-hydrogen) atoms. The van der Waals surface area contributed by atoms with E-state index in [2.05, 4.69) is 69.0 Å². The number of rotatable bonds is 11. The molecule has 1 heterocycles. The Balaban J connectivity index is 1.71. The van der Waals surface area contributed by atoms with Gasteiger partial charge in [-0.1, -0.05) is 49.4 Å². The van der Waals surface area contributed by atoms with Crippen molar-refractivity contribution in [1.29, 1.82) is 0 Å². The number of anilines is 1. The normalized spacial score (nSPS) is 11.4. The highest BCUT2D eigenvalue weighted by atomic mass is 32.2. The van der Waals surface area contributed by atoms with Gasteiger partial charge in [-0.2, -0.15) is 0 Å². The van der Waals surface area contributed by atoms with Crippen LogP contribution in [-0.2, 0) is 4.79 Å². The molecule has 3 aromatic rings. The van der Waals surface area contributed by atoms with E-state index in [9.17, 15) is 4.79 Å². The molecule has 0 atom stereocenters. The lowest BCUT2D eigenvalue weighted by molar-refractivity contribution is -0.118. The van der Waals surface area contributed by atoms with Gasteiger partial charge in [0.1, 0.15) is 0 Å². The van der Waals surface area contributed by atoms with Crippen molar-refractivity contribution in [3.63, 3.8) is 0 Å². The summed E-state index contributed by atoms with van der Waals surface area (Å²) < 4.78 is 1.18. The lowest BCUT2D eigenvalue weighted by Gasteiger charge is -2.24. The summed E-state index contributed by atoms with van der Waals surface area (Å²) in [7, 11) is 0. The quantitative estimate of drug-likeness (QED) is 0.256. The molecular formula is C25H33N3OS2. The Morgan fingerprint density at radius 3 is 2.52 bits per heavy atom. The summed E-state index contributed by atoms with van der Waals surface area (Å²) in [5.41, 5.74) is 3.44. The molecule has 0 radical (unpaired) electrons. The second-order valence-electron chi connectivity index (χ2n) is 7.76. The van der Waals surface area contributed by atoms with Gasteiger partial charge in [-0.25, -0.2) is 4.98 Å². The van der Waals surface area contributed by atoms with Gasteiger partial charge in [-0.15, -0.1) is 11.8 Å². The highest BCUT2D eigenvalue weighted by molar-refractivity contribution is 7.99. The molecule has 6 heteroatoms. The molecule has 0 unspecified atom stereocenters. The Hall–Kier alpha value is -1.89. The average molecular weight is 456 g/mol. The third-order valence-electron chi connectivity index (χ3n) is 5.42. The molecule has 0 saturated carbocycles. The first-order chi connectivity index (χ1) is 15.0. The number of amides is 1. The van der Waals surface area contributed by atoms with Crippen molar-refractivity contribution in [3.8, 4) is 0 Å². The van der Waals surface area contributed by atoms with Crippen LogP contribution >= 0.6 is 23.1 Å². The summed E-state index contributed by atoms with van der Waals surface area (Å²) in [5, 5.41) is 0.830. The number of thiazole rings is 1. The molecule has 0 aliphatic heterocycles. The summed E-state index contributed by atoms with van der Waals surface area (Å²) in [6, 6.07) is 14.7. The highest BCUT2D eigenvalue weighted by Crippen LogP contribution is 2.32. The van der Waals surface area contributed by atoms with E-state index in [1.165, 1.54) is 20.7 Å². The van der Waals surface area contributed by atoms with Crippen molar-refractivity contribution in [2.75, 3.05) is 36.8 Å². The molecule has 2 aromatic carbocycles. The van der Waals surface area contributed by atoms with Crippen LogP contribution in [0.3, 0.4) is 0 Å². The van der Waals surface area contributed by atoms with Gasteiger partial charge in [0.25, 0.3) is 0 Å². The molecule has 0 spiro atoms. The molecule has 166 valence electrons. The summed E-state index contributed by atoms with van der Waals surface area (Å²) in [4.78, 5) is 23.6. The van der Waals surface area contributed by atoms with E-state index in [-0.39, 0.29) is 5.91 Å². The number of nitrogens with zero attached hydrogens (tertiary/aromatic N) is 3. The van der Waals surface area contributed by atoms with Gasteiger partial charge < -0.3 is 4.90 Å². The number of aryl methyl sites for hydroxylation is 2. The molecule has 4 nitrogen and oxygen atoms in total. The predicted octanol–water partition coefficient (Wildman–Crippen LogP) is 6.16. The number of hydrogen-bond acceptors (Lipinski definition) is 5. The minimum Gasteiger partial charge on any atom is -0.302 e. The Labute approximate surface area is 194 Å². The number of fused-ring (bicyclic) bond motifs is 1. The fraction of sp³-hybridized carbons (Fsp3) is 0.440. The number of carbonyl (C=O) groups excluding carboxylic acids is 1. The monoisotopic (exact) mass is 455 g/mol. The van der Waals surface area contributed by atoms with Crippen LogP contribution in [0.1, 0.15) is 37.8 Å². The predicted molar refractivity (Wildman–Crippen MR) is 136 cm³/mol. The zero-order valence-corrected chi connectivity index (χ0v) is 20.7. The van der Waals surface area contributed by atoms with Gasteiger partial charge in [0.05, 0.1) is 10.2 Å². The van der Waals surface area contributed by atoms with E-state index in [4.69, 9.17) is 4.98 Å². The van der Waals surface area contributed by atoms with Crippen molar-refractivity contribution >= 4 is 44.4 Å². The van der Waals surface area contributed by atoms with Gasteiger partial charge in [0.15, 0.2) is 5.13 Å². The lowest BCUT2D eigenvalue weighted by Crippen LogP contribution is -2.38. The Kier molecular flexibility index (Phi) is 8.93. The molecular weight excluding hydrogens is 422 g/mol. The van der Waals surface area contributed by atoms with Crippen LogP contribution in [-0.4, -0.2) is 47.7 Å². The van der Waals surface area contributed by atoms with Crippen LogP contribution in [0, 0.1) is 13.8 Å².